The van der Waals surface area contributed by atoms with Gasteiger partial charge in [0.2, 0.25) is 6.41 Å². The molecule has 1 aromatic heterocycles. The van der Waals surface area contributed by atoms with Gasteiger partial charge in [0.1, 0.15) is 6.33 Å². The smallest absolute Gasteiger partial charge is 0.211 e. The number of nitrogens with zero attached hydrogens (tertiary/aromatic N) is 2. The van der Waals surface area contributed by atoms with Crippen LogP contribution in [-0.4, -0.2) is 16.4 Å². The molecule has 1 rings (SSSR count). The molecule has 0 aliphatic carbocycles. The lowest BCUT2D eigenvalue weighted by Gasteiger charge is -1.96. The van der Waals surface area contributed by atoms with Gasteiger partial charge in [0, 0.05) is 0 Å². The summed E-state index contributed by atoms with van der Waals surface area (Å²) in [6, 6.07) is 0. The second-order valence-corrected chi connectivity index (χ2v) is 1.85. The number of hydrogen-bond acceptors (Lipinski definition) is 3. The van der Waals surface area contributed by atoms with Crippen LogP contribution in [-0.2, 0) is 4.79 Å². The fraction of sp³-hybridized carbons (Fsp3) is 0. The Morgan fingerprint density at radius 3 is 3.10 bits per heavy atom. The van der Waals surface area contributed by atoms with E-state index in [9.17, 15) is 4.79 Å². The summed E-state index contributed by atoms with van der Waals surface area (Å²) in [6.07, 6.45) is 3.24. The monoisotopic (exact) mass is 157 g/mol. The average Bonchev–Trinajstić information content (AvgIpc) is 1.94. The summed E-state index contributed by atoms with van der Waals surface area (Å²) in [7, 11) is 0. The van der Waals surface area contributed by atoms with Gasteiger partial charge in [0.25, 0.3) is 0 Å². The number of halogens is 1. The van der Waals surface area contributed by atoms with Crippen LogP contribution in [0.3, 0.4) is 0 Å². The molecule has 0 saturated carbocycles. The Morgan fingerprint density at radius 1 is 1.70 bits per heavy atom. The first-order chi connectivity index (χ1) is 4.84. The molecule has 0 saturated heterocycles. The van der Waals surface area contributed by atoms with Crippen molar-refractivity contribution in [3.8, 4) is 0 Å². The lowest BCUT2D eigenvalue weighted by Crippen LogP contribution is -1.95. The first-order valence-electron chi connectivity index (χ1n) is 2.50. The number of rotatable bonds is 2. The molecule has 0 radical (unpaired) electrons. The van der Waals surface area contributed by atoms with Crippen LogP contribution in [0.5, 0.6) is 0 Å². The summed E-state index contributed by atoms with van der Waals surface area (Å²) in [5, 5.41) is 2.58. The molecule has 0 aliphatic rings. The lowest BCUT2D eigenvalue weighted by molar-refractivity contribution is -0.105. The fourth-order valence-corrected chi connectivity index (χ4v) is 0.622. The lowest BCUT2D eigenvalue weighted by atomic mass is 10.5. The topological polar surface area (TPSA) is 54.9 Å². The van der Waals surface area contributed by atoms with Crippen molar-refractivity contribution >= 4 is 23.7 Å². The van der Waals surface area contributed by atoms with E-state index in [1.54, 1.807) is 0 Å². The molecule has 0 atom stereocenters. The van der Waals surface area contributed by atoms with Crippen molar-refractivity contribution in [3.63, 3.8) is 0 Å². The minimum Gasteiger partial charge on any atom is -0.325 e. The number of amides is 1. The van der Waals surface area contributed by atoms with Gasteiger partial charge in [-0.05, 0) is 0 Å². The van der Waals surface area contributed by atoms with Crippen LogP contribution in [0.1, 0.15) is 0 Å². The molecule has 1 aromatic rings. The zero-order valence-electron chi connectivity index (χ0n) is 4.91. The summed E-state index contributed by atoms with van der Waals surface area (Å²) in [6.45, 7) is 0. The summed E-state index contributed by atoms with van der Waals surface area (Å²) >= 11 is 5.53. The molecule has 0 spiro atoms. The molecule has 0 unspecified atom stereocenters. The van der Waals surface area contributed by atoms with Gasteiger partial charge < -0.3 is 5.32 Å². The predicted octanol–water partition coefficient (Wildman–Crippen LogP) is 0.698. The molecule has 5 heteroatoms. The van der Waals surface area contributed by atoms with Crippen molar-refractivity contribution in [3.05, 3.63) is 17.7 Å². The highest BCUT2D eigenvalue weighted by molar-refractivity contribution is 6.32. The number of nitrogens with one attached hydrogen (secondary N) is 1. The van der Waals surface area contributed by atoms with E-state index < -0.39 is 0 Å². The molecule has 1 heterocycles. The summed E-state index contributed by atoms with van der Waals surface area (Å²) in [4.78, 5) is 17.2. The average molecular weight is 158 g/mol. The standard InChI is InChI=1S/C5H4ClN3O/c6-5-4(9-3-10)1-7-2-8-5/h1-3H,(H,9,10). The first kappa shape index (κ1) is 6.95. The number of carbonyl (C=O) groups excluding carboxylic acids is 1. The number of carbonyl (C=O) groups is 1. The van der Waals surface area contributed by atoms with Crippen molar-refractivity contribution in [1.82, 2.24) is 9.97 Å². The zero-order chi connectivity index (χ0) is 7.40. The fourth-order valence-electron chi connectivity index (χ4n) is 0.475. The third-order valence-corrected chi connectivity index (χ3v) is 1.18. The molecule has 10 heavy (non-hydrogen) atoms. The van der Waals surface area contributed by atoms with Crippen molar-refractivity contribution < 1.29 is 4.79 Å². The molecule has 1 N–H and O–H groups in total. The molecular weight excluding hydrogens is 154 g/mol. The molecule has 1 amide bonds. The molecular formula is C5H4ClN3O. The summed E-state index contributed by atoms with van der Waals surface area (Å²) < 4.78 is 0. The van der Waals surface area contributed by atoms with Crippen LogP contribution in [0.25, 0.3) is 0 Å². The van der Waals surface area contributed by atoms with Gasteiger partial charge in [-0.25, -0.2) is 9.97 Å². The Hall–Kier alpha value is -1.16. The quantitative estimate of drug-likeness (QED) is 0.508. The minimum atomic E-state index is 0.238. The van der Waals surface area contributed by atoms with E-state index in [0.717, 1.165) is 0 Å². The Kier molecular flexibility index (Phi) is 2.17. The normalized spacial score (nSPS) is 8.90. The maximum Gasteiger partial charge on any atom is 0.211 e. The predicted molar refractivity (Wildman–Crippen MR) is 36.7 cm³/mol. The number of hydrogen-bond donors (Lipinski definition) is 1. The Balaban J connectivity index is 2.91. The van der Waals surface area contributed by atoms with Crippen molar-refractivity contribution in [1.29, 1.82) is 0 Å². The van der Waals surface area contributed by atoms with Crippen LogP contribution < -0.4 is 5.32 Å². The first-order valence-corrected chi connectivity index (χ1v) is 2.88. The van der Waals surface area contributed by atoms with Gasteiger partial charge in [-0.1, -0.05) is 11.6 Å². The highest BCUT2D eigenvalue weighted by atomic mass is 35.5. The highest BCUT2D eigenvalue weighted by Gasteiger charge is 1.96. The Morgan fingerprint density at radius 2 is 2.50 bits per heavy atom. The maximum absolute atomic E-state index is 9.90. The molecule has 0 aromatic carbocycles. The molecule has 0 fully saturated rings. The van der Waals surface area contributed by atoms with Gasteiger partial charge in [-0.2, -0.15) is 0 Å². The van der Waals surface area contributed by atoms with Crippen LogP contribution in [0, 0.1) is 0 Å². The second kappa shape index (κ2) is 3.12. The van der Waals surface area contributed by atoms with E-state index in [4.69, 9.17) is 11.6 Å². The van der Waals surface area contributed by atoms with Crippen LogP contribution in [0.4, 0.5) is 5.69 Å². The largest absolute Gasteiger partial charge is 0.325 e. The van der Waals surface area contributed by atoms with E-state index in [2.05, 4.69) is 15.3 Å². The van der Waals surface area contributed by atoms with E-state index in [0.29, 0.717) is 12.1 Å². The van der Waals surface area contributed by atoms with Gasteiger partial charge >= 0.3 is 0 Å². The van der Waals surface area contributed by atoms with Crippen molar-refractivity contribution in [2.24, 2.45) is 0 Å². The van der Waals surface area contributed by atoms with Gasteiger partial charge in [-0.3, -0.25) is 4.79 Å². The van der Waals surface area contributed by atoms with Crippen molar-refractivity contribution in [2.45, 2.75) is 0 Å². The van der Waals surface area contributed by atoms with Crippen molar-refractivity contribution in [2.75, 3.05) is 5.32 Å². The van der Waals surface area contributed by atoms with Crippen LogP contribution in [0.15, 0.2) is 12.5 Å². The molecule has 0 aliphatic heterocycles. The van der Waals surface area contributed by atoms with Gasteiger partial charge in [0.15, 0.2) is 5.15 Å². The molecule has 4 nitrogen and oxygen atoms in total. The number of anilines is 1. The molecule has 52 valence electrons. The van der Waals surface area contributed by atoms with E-state index in [1.165, 1.54) is 12.5 Å². The second-order valence-electron chi connectivity index (χ2n) is 1.49. The SMILES string of the molecule is O=CNc1cncnc1Cl. The minimum absolute atomic E-state index is 0.238. The number of aromatic nitrogens is 2. The maximum atomic E-state index is 9.90. The van der Waals surface area contributed by atoms with E-state index in [1.807, 2.05) is 0 Å². The zero-order valence-corrected chi connectivity index (χ0v) is 5.67. The molecule has 0 bridgehead atoms. The van der Waals surface area contributed by atoms with Crippen LogP contribution in [0.2, 0.25) is 5.15 Å². The van der Waals surface area contributed by atoms with Crippen LogP contribution >= 0.6 is 11.6 Å². The van der Waals surface area contributed by atoms with E-state index >= 15 is 0 Å². The third-order valence-electron chi connectivity index (χ3n) is 0.878. The Labute approximate surface area is 62.3 Å². The van der Waals surface area contributed by atoms with E-state index in [-0.39, 0.29) is 5.15 Å². The summed E-state index contributed by atoms with van der Waals surface area (Å²) in [5.74, 6) is 0. The Bertz CT molecular complexity index is 240. The summed E-state index contributed by atoms with van der Waals surface area (Å²) in [5.41, 5.74) is 0.416. The van der Waals surface area contributed by atoms with Gasteiger partial charge in [0.05, 0.1) is 11.9 Å². The highest BCUT2D eigenvalue weighted by Crippen LogP contribution is 2.14. The third kappa shape index (κ3) is 1.41. The van der Waals surface area contributed by atoms with Gasteiger partial charge in [-0.15, -0.1) is 0 Å².